The third-order valence-electron chi connectivity index (χ3n) is 7.01. The number of likely N-dealkylation sites (N-methyl/N-ethyl adjacent to an activating group) is 1. The normalized spacial score (nSPS) is 29.3. The third-order valence-corrected chi connectivity index (χ3v) is 7.01. The Bertz CT molecular complexity index is 765. The summed E-state index contributed by atoms with van der Waals surface area (Å²) in [5.74, 6) is 2.23. The van der Waals surface area contributed by atoms with E-state index in [0.717, 1.165) is 44.5 Å². The Hall–Kier alpha value is -2.08. The molecule has 158 valence electrons. The van der Waals surface area contributed by atoms with Crippen molar-refractivity contribution in [3.8, 4) is 5.75 Å². The van der Waals surface area contributed by atoms with Crippen molar-refractivity contribution in [1.29, 1.82) is 0 Å². The van der Waals surface area contributed by atoms with Crippen LogP contribution in [0.25, 0.3) is 0 Å². The molecule has 2 bridgehead atoms. The minimum atomic E-state index is 0.158. The average molecular weight is 400 g/mol. The molecular formula is C23H33N3O3. The average Bonchev–Trinajstić information content (AvgIpc) is 2.71. The Morgan fingerprint density at radius 2 is 2.03 bits per heavy atom. The van der Waals surface area contributed by atoms with Crippen LogP contribution in [0, 0.1) is 11.8 Å². The number of benzene rings is 1. The fraction of sp³-hybridized carbons (Fsp3) is 0.652. The van der Waals surface area contributed by atoms with Crippen LogP contribution in [-0.2, 0) is 16.0 Å². The first-order valence-corrected chi connectivity index (χ1v) is 10.8. The second-order valence-corrected chi connectivity index (χ2v) is 9.12. The number of rotatable bonds is 5. The number of amides is 2. The van der Waals surface area contributed by atoms with Crippen LogP contribution in [0.2, 0.25) is 0 Å². The lowest BCUT2D eigenvalue weighted by Crippen LogP contribution is -2.65. The molecule has 3 fully saturated rings. The summed E-state index contributed by atoms with van der Waals surface area (Å²) >= 11 is 0. The van der Waals surface area contributed by atoms with E-state index in [4.69, 9.17) is 4.74 Å². The molecule has 1 aromatic rings. The summed E-state index contributed by atoms with van der Waals surface area (Å²) in [6.07, 6.45) is 4.77. The number of likely N-dealkylation sites (tertiary alicyclic amines) is 1. The first kappa shape index (κ1) is 20.2. The van der Waals surface area contributed by atoms with Crippen LogP contribution >= 0.6 is 0 Å². The van der Waals surface area contributed by atoms with Crippen LogP contribution in [-0.4, -0.2) is 79.4 Å². The molecule has 29 heavy (non-hydrogen) atoms. The van der Waals surface area contributed by atoms with Crippen LogP contribution in [0.1, 0.15) is 31.2 Å². The number of nitrogens with zero attached hydrogens (tertiary/aromatic N) is 3. The summed E-state index contributed by atoms with van der Waals surface area (Å²) in [5.41, 5.74) is 1.21. The molecule has 0 aromatic heterocycles. The van der Waals surface area contributed by atoms with Gasteiger partial charge in [-0.1, -0.05) is 12.1 Å². The summed E-state index contributed by atoms with van der Waals surface area (Å²) < 4.78 is 5.41. The largest absolute Gasteiger partial charge is 0.497 e. The lowest BCUT2D eigenvalue weighted by atomic mass is 9.70. The van der Waals surface area contributed by atoms with E-state index in [1.165, 1.54) is 5.56 Å². The van der Waals surface area contributed by atoms with Crippen LogP contribution in [0.15, 0.2) is 24.3 Å². The fourth-order valence-corrected chi connectivity index (χ4v) is 5.64. The highest BCUT2D eigenvalue weighted by atomic mass is 16.5. The van der Waals surface area contributed by atoms with E-state index in [1.807, 2.05) is 26.2 Å². The Morgan fingerprint density at radius 3 is 2.79 bits per heavy atom. The number of methoxy groups -OCH3 is 1. The molecule has 1 aromatic carbocycles. The van der Waals surface area contributed by atoms with Gasteiger partial charge in [-0.05, 0) is 55.2 Å². The zero-order valence-electron chi connectivity index (χ0n) is 17.8. The van der Waals surface area contributed by atoms with Gasteiger partial charge in [-0.2, -0.15) is 0 Å². The maximum atomic E-state index is 13.0. The third kappa shape index (κ3) is 4.13. The molecule has 3 aliphatic rings. The van der Waals surface area contributed by atoms with Gasteiger partial charge in [0.05, 0.1) is 13.7 Å². The number of hydrogen-bond donors (Lipinski definition) is 0. The van der Waals surface area contributed by atoms with Gasteiger partial charge in [0, 0.05) is 45.7 Å². The van der Waals surface area contributed by atoms with Crippen molar-refractivity contribution in [2.45, 2.75) is 44.2 Å². The van der Waals surface area contributed by atoms with Gasteiger partial charge >= 0.3 is 0 Å². The maximum absolute atomic E-state index is 13.0. The highest BCUT2D eigenvalue weighted by molar-refractivity contribution is 5.78. The highest BCUT2D eigenvalue weighted by Gasteiger charge is 2.49. The first-order valence-electron chi connectivity index (χ1n) is 10.8. The molecular weight excluding hydrogens is 366 g/mol. The number of carbonyl (C=O) groups excluding carboxylic acids is 2. The smallest absolute Gasteiger partial charge is 0.236 e. The molecule has 0 spiro atoms. The van der Waals surface area contributed by atoms with Gasteiger partial charge in [0.15, 0.2) is 0 Å². The predicted octanol–water partition coefficient (Wildman–Crippen LogP) is 2.03. The quantitative estimate of drug-likeness (QED) is 0.760. The fourth-order valence-electron chi connectivity index (χ4n) is 5.64. The van der Waals surface area contributed by atoms with Gasteiger partial charge < -0.3 is 14.5 Å². The van der Waals surface area contributed by atoms with Gasteiger partial charge in [0.2, 0.25) is 11.8 Å². The Balaban J connectivity index is 1.59. The van der Waals surface area contributed by atoms with E-state index in [1.54, 1.807) is 12.0 Å². The van der Waals surface area contributed by atoms with E-state index >= 15 is 0 Å². The Morgan fingerprint density at radius 1 is 1.24 bits per heavy atom. The van der Waals surface area contributed by atoms with Gasteiger partial charge in [0.1, 0.15) is 5.75 Å². The molecule has 6 nitrogen and oxygen atoms in total. The predicted molar refractivity (Wildman–Crippen MR) is 112 cm³/mol. The summed E-state index contributed by atoms with van der Waals surface area (Å²) in [5, 5.41) is 0. The van der Waals surface area contributed by atoms with Crippen molar-refractivity contribution in [3.05, 3.63) is 29.8 Å². The molecule has 4 atom stereocenters. The molecule has 0 N–H and O–H groups in total. The highest BCUT2D eigenvalue weighted by Crippen LogP contribution is 2.42. The summed E-state index contributed by atoms with van der Waals surface area (Å²) in [6, 6.07) is 8.73. The number of fused-ring (bicyclic) bond motifs is 4. The van der Waals surface area contributed by atoms with Crippen molar-refractivity contribution in [1.82, 2.24) is 14.7 Å². The van der Waals surface area contributed by atoms with E-state index in [9.17, 15) is 9.59 Å². The van der Waals surface area contributed by atoms with Gasteiger partial charge in [0.25, 0.3) is 0 Å². The molecule has 3 saturated heterocycles. The molecule has 4 rings (SSSR count). The minimum absolute atomic E-state index is 0.158. The number of carbonyl (C=O) groups is 2. The number of ether oxygens (including phenoxy) is 1. The molecule has 0 aliphatic carbocycles. The first-order chi connectivity index (χ1) is 14.0. The Kier molecular flexibility index (Phi) is 5.81. The van der Waals surface area contributed by atoms with Crippen molar-refractivity contribution in [2.75, 3.05) is 40.8 Å². The molecule has 3 heterocycles. The molecule has 6 heteroatoms. The van der Waals surface area contributed by atoms with E-state index in [-0.39, 0.29) is 11.9 Å². The van der Waals surface area contributed by atoms with Crippen molar-refractivity contribution in [2.24, 2.45) is 11.8 Å². The van der Waals surface area contributed by atoms with E-state index in [2.05, 4.69) is 21.9 Å². The number of piperidine rings is 3. The summed E-state index contributed by atoms with van der Waals surface area (Å²) in [4.78, 5) is 31.5. The molecule has 2 amide bonds. The van der Waals surface area contributed by atoms with Crippen molar-refractivity contribution < 1.29 is 14.3 Å². The molecule has 0 radical (unpaired) electrons. The molecule has 0 saturated carbocycles. The second kappa shape index (κ2) is 8.34. The second-order valence-electron chi connectivity index (χ2n) is 9.12. The van der Waals surface area contributed by atoms with Gasteiger partial charge in [-0.25, -0.2) is 0 Å². The minimum Gasteiger partial charge on any atom is -0.497 e. The molecule has 3 aliphatic heterocycles. The maximum Gasteiger partial charge on any atom is 0.236 e. The monoisotopic (exact) mass is 399 g/mol. The summed E-state index contributed by atoms with van der Waals surface area (Å²) in [6.45, 7) is 2.30. The topological polar surface area (TPSA) is 53.1 Å². The van der Waals surface area contributed by atoms with E-state index in [0.29, 0.717) is 36.8 Å². The molecule has 0 unspecified atom stereocenters. The van der Waals surface area contributed by atoms with Crippen LogP contribution in [0.5, 0.6) is 5.75 Å². The van der Waals surface area contributed by atoms with Crippen LogP contribution in [0.4, 0.5) is 0 Å². The summed E-state index contributed by atoms with van der Waals surface area (Å²) in [7, 11) is 5.33. The van der Waals surface area contributed by atoms with E-state index < -0.39 is 0 Å². The van der Waals surface area contributed by atoms with Crippen LogP contribution in [0.3, 0.4) is 0 Å². The zero-order chi connectivity index (χ0) is 20.5. The zero-order valence-corrected chi connectivity index (χ0v) is 17.8. The van der Waals surface area contributed by atoms with Crippen LogP contribution < -0.4 is 4.74 Å². The lowest BCUT2D eigenvalue weighted by molar-refractivity contribution is -0.154. The van der Waals surface area contributed by atoms with Gasteiger partial charge in [-0.15, -0.1) is 0 Å². The SMILES string of the molecule is COc1cccc(C[C@H]2[C@H]3C[C@H](CN(CC(=O)N(C)C)C3)[C@@H]3CCCC(=O)N32)c1. The number of hydrogen-bond acceptors (Lipinski definition) is 4. The lowest BCUT2D eigenvalue weighted by Gasteiger charge is -2.56. The van der Waals surface area contributed by atoms with Crippen molar-refractivity contribution >= 4 is 11.8 Å². The van der Waals surface area contributed by atoms with Gasteiger partial charge in [-0.3, -0.25) is 14.5 Å². The standard InChI is InChI=1S/C23H33N3O3/c1-24(2)23(28)15-25-13-17-12-18(14-25)21(26-20(17)8-5-9-22(26)27)11-16-6-4-7-19(10-16)29-3/h4,6-7,10,17-18,20-21H,5,8-9,11-15H2,1-3H3/t17-,18+,20+,21+/m1/s1. The van der Waals surface area contributed by atoms with Crippen molar-refractivity contribution in [3.63, 3.8) is 0 Å². The Labute approximate surface area is 173 Å².